The molecule has 0 saturated carbocycles. The summed E-state index contributed by atoms with van der Waals surface area (Å²) in [4.78, 5) is 25.0. The largest absolute Gasteiger partial charge is 0.409 e. The van der Waals surface area contributed by atoms with E-state index in [4.69, 9.17) is 0 Å². The highest BCUT2D eigenvalue weighted by molar-refractivity contribution is 6.02. The van der Waals surface area contributed by atoms with E-state index >= 15 is 0 Å². The molecule has 0 bridgehead atoms. The van der Waals surface area contributed by atoms with Crippen LogP contribution >= 0.6 is 0 Å². The summed E-state index contributed by atoms with van der Waals surface area (Å²) < 4.78 is 41.8. The van der Waals surface area contributed by atoms with Crippen molar-refractivity contribution >= 4 is 28.4 Å². The van der Waals surface area contributed by atoms with E-state index in [9.17, 15) is 22.8 Å². The van der Waals surface area contributed by atoms with Crippen LogP contribution in [0.5, 0.6) is 0 Å². The van der Waals surface area contributed by atoms with Gasteiger partial charge in [0, 0.05) is 44.2 Å². The minimum absolute atomic E-state index is 0.158. The Morgan fingerprint density at radius 2 is 2.04 bits per heavy atom. The predicted molar refractivity (Wildman–Crippen MR) is 95.9 cm³/mol. The van der Waals surface area contributed by atoms with Gasteiger partial charge in [-0.2, -0.15) is 18.3 Å². The van der Waals surface area contributed by atoms with Crippen LogP contribution in [0.2, 0.25) is 0 Å². The molecule has 150 valence electrons. The zero-order valence-electron chi connectivity index (χ0n) is 15.2. The minimum Gasteiger partial charge on any atom is -0.357 e. The van der Waals surface area contributed by atoms with Crippen LogP contribution in [0.25, 0.3) is 10.9 Å². The quantitative estimate of drug-likeness (QED) is 0.753. The minimum atomic E-state index is -4.34. The van der Waals surface area contributed by atoms with Crippen molar-refractivity contribution in [2.45, 2.75) is 31.0 Å². The van der Waals surface area contributed by atoms with Gasteiger partial charge in [0.25, 0.3) is 0 Å². The third kappa shape index (κ3) is 3.21. The van der Waals surface area contributed by atoms with Crippen molar-refractivity contribution in [2.75, 3.05) is 24.5 Å². The molecule has 28 heavy (non-hydrogen) atoms. The van der Waals surface area contributed by atoms with E-state index in [0.29, 0.717) is 35.2 Å². The van der Waals surface area contributed by atoms with Gasteiger partial charge in [0.2, 0.25) is 11.8 Å². The summed E-state index contributed by atoms with van der Waals surface area (Å²) in [6.45, 7) is 0.555. The highest BCUT2D eigenvalue weighted by Crippen LogP contribution is 2.35. The molecule has 2 fully saturated rings. The maximum atomic E-state index is 13.4. The van der Waals surface area contributed by atoms with E-state index < -0.39 is 18.1 Å². The summed E-state index contributed by atoms with van der Waals surface area (Å²) in [5.74, 6) is -1.24. The number of hydrogen-bond acceptors (Lipinski definition) is 5. The summed E-state index contributed by atoms with van der Waals surface area (Å²) >= 11 is 0. The molecule has 0 spiro atoms. The second-order valence-corrected chi connectivity index (χ2v) is 7.17. The summed E-state index contributed by atoms with van der Waals surface area (Å²) in [7, 11) is 1.69. The fraction of sp³-hybridized carbons (Fsp3) is 0.500. The lowest BCUT2D eigenvalue weighted by molar-refractivity contribution is -0.149. The number of aromatic nitrogens is 2. The summed E-state index contributed by atoms with van der Waals surface area (Å²) in [6.07, 6.45) is -3.74. The lowest BCUT2D eigenvalue weighted by Crippen LogP contribution is -2.58. The van der Waals surface area contributed by atoms with Gasteiger partial charge in [0.15, 0.2) is 0 Å². The topological polar surface area (TPSA) is 79.3 Å². The normalized spacial score (nSPS) is 23.9. The number of fused-ring (bicyclic) bond motifs is 1. The fourth-order valence-electron chi connectivity index (χ4n) is 3.97. The first-order valence-electron chi connectivity index (χ1n) is 9.10. The molecule has 2 atom stereocenters. The summed E-state index contributed by atoms with van der Waals surface area (Å²) in [5, 5.41) is 10.3. The number of imide groups is 1. The van der Waals surface area contributed by atoms with Crippen LogP contribution in [-0.4, -0.2) is 53.4 Å². The molecule has 0 aliphatic carbocycles. The van der Waals surface area contributed by atoms with E-state index in [1.54, 1.807) is 29.9 Å². The monoisotopic (exact) mass is 395 g/mol. The van der Waals surface area contributed by atoms with Crippen LogP contribution in [0.15, 0.2) is 18.2 Å². The van der Waals surface area contributed by atoms with Crippen molar-refractivity contribution in [3.63, 3.8) is 0 Å². The molecular weight excluding hydrogens is 375 g/mol. The van der Waals surface area contributed by atoms with E-state index in [2.05, 4.69) is 15.7 Å². The zero-order chi connectivity index (χ0) is 20.1. The number of hydrogen-bond donors (Lipinski definition) is 2. The van der Waals surface area contributed by atoms with Crippen LogP contribution in [-0.2, 0) is 16.6 Å². The van der Waals surface area contributed by atoms with Gasteiger partial charge in [0.1, 0.15) is 6.04 Å². The molecule has 1 aromatic carbocycles. The molecule has 2 amide bonds. The Morgan fingerprint density at radius 1 is 1.25 bits per heavy atom. The molecule has 4 rings (SSSR count). The SMILES string of the molecule is Cn1nc(C2CCC(=O)NC2=O)c2ccc(N3CCNC[C@H]3C(F)(F)F)cc21. The average molecular weight is 395 g/mol. The predicted octanol–water partition coefficient (Wildman–Crippen LogP) is 1.43. The number of aryl methyl sites for hydroxylation is 1. The van der Waals surface area contributed by atoms with Crippen molar-refractivity contribution < 1.29 is 22.8 Å². The number of piperidine rings is 1. The second-order valence-electron chi connectivity index (χ2n) is 7.17. The van der Waals surface area contributed by atoms with Crippen molar-refractivity contribution in [3.05, 3.63) is 23.9 Å². The zero-order valence-corrected chi connectivity index (χ0v) is 15.2. The van der Waals surface area contributed by atoms with Crippen LogP contribution in [0.1, 0.15) is 24.5 Å². The maximum absolute atomic E-state index is 13.4. The molecular formula is C18H20F3N5O2. The molecule has 1 aromatic heterocycles. The molecule has 3 heterocycles. The van der Waals surface area contributed by atoms with Crippen molar-refractivity contribution in [1.82, 2.24) is 20.4 Å². The Kier molecular flexibility index (Phi) is 4.53. The number of alkyl halides is 3. The molecule has 7 nitrogen and oxygen atoms in total. The van der Waals surface area contributed by atoms with E-state index in [1.165, 1.54) is 4.90 Å². The lowest BCUT2D eigenvalue weighted by atomic mass is 9.92. The molecule has 10 heteroatoms. The molecule has 2 aromatic rings. The lowest BCUT2D eigenvalue weighted by Gasteiger charge is -2.38. The number of benzene rings is 1. The van der Waals surface area contributed by atoms with Crippen molar-refractivity contribution in [1.29, 1.82) is 0 Å². The Balaban J connectivity index is 1.71. The number of nitrogens with one attached hydrogen (secondary N) is 2. The van der Waals surface area contributed by atoms with E-state index in [-0.39, 0.29) is 31.3 Å². The van der Waals surface area contributed by atoms with Gasteiger partial charge in [0.05, 0.1) is 17.1 Å². The molecule has 2 aliphatic rings. The van der Waals surface area contributed by atoms with Crippen LogP contribution in [0.4, 0.5) is 18.9 Å². The number of piperazine rings is 1. The molecule has 0 radical (unpaired) electrons. The molecule has 1 unspecified atom stereocenters. The van der Waals surface area contributed by atoms with Crippen molar-refractivity contribution in [2.24, 2.45) is 7.05 Å². The third-order valence-corrected chi connectivity index (χ3v) is 5.39. The number of carbonyl (C=O) groups excluding carboxylic acids is 2. The highest BCUT2D eigenvalue weighted by Gasteiger charge is 2.45. The van der Waals surface area contributed by atoms with Crippen LogP contribution < -0.4 is 15.5 Å². The van der Waals surface area contributed by atoms with Gasteiger partial charge in [-0.1, -0.05) is 0 Å². The molecule has 2 N–H and O–H groups in total. The molecule has 2 saturated heterocycles. The number of halogens is 3. The van der Waals surface area contributed by atoms with Gasteiger partial charge in [-0.25, -0.2) is 0 Å². The van der Waals surface area contributed by atoms with Gasteiger partial charge in [-0.05, 0) is 24.6 Å². The third-order valence-electron chi connectivity index (χ3n) is 5.39. The van der Waals surface area contributed by atoms with E-state index in [1.807, 2.05) is 0 Å². The first kappa shape index (κ1) is 18.7. The first-order chi connectivity index (χ1) is 13.3. The summed E-state index contributed by atoms with van der Waals surface area (Å²) in [6, 6.07) is 3.44. The Morgan fingerprint density at radius 3 is 2.75 bits per heavy atom. The number of amides is 2. The van der Waals surface area contributed by atoms with E-state index in [0.717, 1.165) is 0 Å². The first-order valence-corrected chi connectivity index (χ1v) is 9.10. The van der Waals surface area contributed by atoms with Gasteiger partial charge < -0.3 is 10.2 Å². The summed E-state index contributed by atoms with van der Waals surface area (Å²) in [5.41, 5.74) is 1.66. The highest BCUT2D eigenvalue weighted by atomic mass is 19.4. The van der Waals surface area contributed by atoms with Gasteiger partial charge in [-0.15, -0.1) is 0 Å². The Bertz CT molecular complexity index is 939. The van der Waals surface area contributed by atoms with Gasteiger partial charge in [-0.3, -0.25) is 19.6 Å². The number of anilines is 1. The smallest absolute Gasteiger partial charge is 0.357 e. The average Bonchev–Trinajstić information content (AvgIpc) is 2.97. The maximum Gasteiger partial charge on any atom is 0.409 e. The Labute approximate surface area is 158 Å². The van der Waals surface area contributed by atoms with Crippen LogP contribution in [0, 0.1) is 0 Å². The van der Waals surface area contributed by atoms with Crippen LogP contribution in [0.3, 0.4) is 0 Å². The van der Waals surface area contributed by atoms with Gasteiger partial charge >= 0.3 is 6.18 Å². The standard InChI is InChI=1S/C18H20F3N5O2/c1-25-13-8-10(26-7-6-22-9-14(26)18(19,20)21)2-3-11(13)16(24-25)12-4-5-15(27)23-17(12)28/h2-3,8,12,14,22H,4-7,9H2,1H3,(H,23,27,28)/t12?,14-/m0/s1. The number of nitrogens with zero attached hydrogens (tertiary/aromatic N) is 3. The van der Waals surface area contributed by atoms with Crippen molar-refractivity contribution in [3.8, 4) is 0 Å². The number of rotatable bonds is 2. The fourth-order valence-corrected chi connectivity index (χ4v) is 3.97. The Hall–Kier alpha value is -2.62. The molecule has 2 aliphatic heterocycles. The number of carbonyl (C=O) groups is 2. The second kappa shape index (κ2) is 6.77.